The number of halogens is 1. The zero-order chi connectivity index (χ0) is 12.9. The summed E-state index contributed by atoms with van der Waals surface area (Å²) in [4.78, 5) is 0. The maximum Gasteiger partial charge on any atom is 0.122 e. The maximum absolute atomic E-state index is 9.14. The van der Waals surface area contributed by atoms with Crippen LogP contribution in [0.4, 0.5) is 0 Å². The van der Waals surface area contributed by atoms with Crippen molar-refractivity contribution in [2.75, 3.05) is 20.3 Å². The predicted molar refractivity (Wildman–Crippen MR) is 73.6 cm³/mol. The standard InChI is InChI=1S/C13H20BrNO2/c1-13(2,9-16)15-7-6-10-8-11(14)4-5-12(10)17-3/h4-5,8,15-16H,6-7,9H2,1-3H3. The van der Waals surface area contributed by atoms with Crippen molar-refractivity contribution in [1.29, 1.82) is 0 Å². The minimum Gasteiger partial charge on any atom is -0.496 e. The highest BCUT2D eigenvalue weighted by Gasteiger charge is 2.14. The molecule has 2 N–H and O–H groups in total. The fraction of sp³-hybridized carbons (Fsp3) is 0.538. The largest absolute Gasteiger partial charge is 0.496 e. The van der Waals surface area contributed by atoms with E-state index in [9.17, 15) is 0 Å². The van der Waals surface area contributed by atoms with E-state index in [-0.39, 0.29) is 12.1 Å². The highest BCUT2D eigenvalue weighted by atomic mass is 79.9. The number of benzene rings is 1. The van der Waals surface area contributed by atoms with Gasteiger partial charge in [-0.2, -0.15) is 0 Å². The van der Waals surface area contributed by atoms with E-state index < -0.39 is 0 Å². The van der Waals surface area contributed by atoms with E-state index in [2.05, 4.69) is 27.3 Å². The van der Waals surface area contributed by atoms with E-state index in [1.54, 1.807) is 7.11 Å². The second kappa shape index (κ2) is 6.38. The SMILES string of the molecule is COc1ccc(Br)cc1CCNC(C)(C)CO. The monoisotopic (exact) mass is 301 g/mol. The Morgan fingerprint density at radius 3 is 2.71 bits per heavy atom. The summed E-state index contributed by atoms with van der Waals surface area (Å²) >= 11 is 3.45. The number of nitrogens with one attached hydrogen (secondary N) is 1. The molecule has 0 aromatic heterocycles. The number of rotatable bonds is 6. The molecule has 0 unspecified atom stereocenters. The van der Waals surface area contributed by atoms with Crippen molar-refractivity contribution in [3.8, 4) is 5.75 Å². The van der Waals surface area contributed by atoms with Crippen LogP contribution in [-0.2, 0) is 6.42 Å². The zero-order valence-electron chi connectivity index (χ0n) is 10.6. The van der Waals surface area contributed by atoms with Crippen molar-refractivity contribution in [2.24, 2.45) is 0 Å². The topological polar surface area (TPSA) is 41.5 Å². The highest BCUT2D eigenvalue weighted by molar-refractivity contribution is 9.10. The van der Waals surface area contributed by atoms with Crippen LogP contribution in [0, 0.1) is 0 Å². The summed E-state index contributed by atoms with van der Waals surface area (Å²) in [6.45, 7) is 4.89. The van der Waals surface area contributed by atoms with Crippen molar-refractivity contribution in [3.05, 3.63) is 28.2 Å². The summed E-state index contributed by atoms with van der Waals surface area (Å²) in [6, 6.07) is 5.98. The smallest absolute Gasteiger partial charge is 0.122 e. The third-order valence-corrected chi connectivity index (χ3v) is 3.13. The van der Waals surface area contributed by atoms with Crippen LogP contribution >= 0.6 is 15.9 Å². The molecule has 0 atom stereocenters. The van der Waals surface area contributed by atoms with Crippen LogP contribution in [0.3, 0.4) is 0 Å². The minimum absolute atomic E-state index is 0.128. The molecule has 4 heteroatoms. The molecule has 0 fully saturated rings. The molecule has 17 heavy (non-hydrogen) atoms. The molecule has 0 radical (unpaired) electrons. The molecule has 0 saturated heterocycles. The predicted octanol–water partition coefficient (Wildman–Crippen LogP) is 2.36. The average molecular weight is 302 g/mol. The lowest BCUT2D eigenvalue weighted by molar-refractivity contribution is 0.189. The van der Waals surface area contributed by atoms with Gasteiger partial charge in [0.1, 0.15) is 5.75 Å². The Bertz CT molecular complexity index is 366. The molecule has 0 aliphatic heterocycles. The average Bonchev–Trinajstić information content (AvgIpc) is 2.29. The van der Waals surface area contributed by atoms with Gasteiger partial charge in [0.25, 0.3) is 0 Å². The van der Waals surface area contributed by atoms with Crippen LogP contribution in [0.15, 0.2) is 22.7 Å². The van der Waals surface area contributed by atoms with Gasteiger partial charge >= 0.3 is 0 Å². The van der Waals surface area contributed by atoms with Gasteiger partial charge in [-0.05, 0) is 50.6 Å². The summed E-state index contributed by atoms with van der Waals surface area (Å²) in [7, 11) is 1.68. The molecule has 96 valence electrons. The lowest BCUT2D eigenvalue weighted by Crippen LogP contribution is -2.43. The molecule has 1 aromatic rings. The van der Waals surface area contributed by atoms with Gasteiger partial charge in [-0.3, -0.25) is 0 Å². The molecule has 3 nitrogen and oxygen atoms in total. The lowest BCUT2D eigenvalue weighted by atomic mass is 10.1. The van der Waals surface area contributed by atoms with Gasteiger partial charge in [-0.1, -0.05) is 15.9 Å². The van der Waals surface area contributed by atoms with Crippen LogP contribution in [-0.4, -0.2) is 30.9 Å². The van der Waals surface area contributed by atoms with Crippen molar-refractivity contribution in [3.63, 3.8) is 0 Å². The van der Waals surface area contributed by atoms with Crippen LogP contribution in [0.25, 0.3) is 0 Å². The molecule has 0 amide bonds. The van der Waals surface area contributed by atoms with Gasteiger partial charge in [0.05, 0.1) is 13.7 Å². The molecule has 0 spiro atoms. The Hall–Kier alpha value is -0.580. The van der Waals surface area contributed by atoms with Crippen molar-refractivity contribution < 1.29 is 9.84 Å². The van der Waals surface area contributed by atoms with Gasteiger partial charge in [0.2, 0.25) is 0 Å². The first-order chi connectivity index (χ1) is 7.98. The van der Waals surface area contributed by atoms with Crippen LogP contribution in [0.2, 0.25) is 0 Å². The molecule has 0 saturated carbocycles. The molecule has 0 aliphatic carbocycles. The first-order valence-corrected chi connectivity index (χ1v) is 6.46. The summed E-state index contributed by atoms with van der Waals surface area (Å²) < 4.78 is 6.36. The first kappa shape index (κ1) is 14.5. The van der Waals surface area contributed by atoms with E-state index in [1.165, 1.54) is 0 Å². The summed E-state index contributed by atoms with van der Waals surface area (Å²) in [6.07, 6.45) is 0.867. The van der Waals surface area contributed by atoms with Crippen molar-refractivity contribution in [2.45, 2.75) is 25.8 Å². The van der Waals surface area contributed by atoms with E-state index in [4.69, 9.17) is 9.84 Å². The molecular weight excluding hydrogens is 282 g/mol. The molecule has 0 aliphatic rings. The molecule has 0 bridgehead atoms. The normalized spacial score (nSPS) is 11.6. The van der Waals surface area contributed by atoms with Gasteiger partial charge in [-0.25, -0.2) is 0 Å². The number of hydrogen-bond acceptors (Lipinski definition) is 3. The van der Waals surface area contributed by atoms with E-state index in [0.717, 1.165) is 28.8 Å². The Morgan fingerprint density at radius 2 is 2.12 bits per heavy atom. The van der Waals surface area contributed by atoms with Crippen molar-refractivity contribution in [1.82, 2.24) is 5.32 Å². The third kappa shape index (κ3) is 4.66. The second-order valence-corrected chi connectivity index (χ2v) is 5.59. The fourth-order valence-corrected chi connectivity index (χ4v) is 1.94. The van der Waals surface area contributed by atoms with Crippen molar-refractivity contribution >= 4 is 15.9 Å². The maximum atomic E-state index is 9.14. The molecular formula is C13H20BrNO2. The van der Waals surface area contributed by atoms with Gasteiger partial charge in [0, 0.05) is 10.0 Å². The molecule has 1 rings (SSSR count). The lowest BCUT2D eigenvalue weighted by Gasteiger charge is -2.23. The van der Waals surface area contributed by atoms with Gasteiger partial charge in [0.15, 0.2) is 0 Å². The summed E-state index contributed by atoms with van der Waals surface area (Å²) in [5, 5.41) is 12.4. The van der Waals surface area contributed by atoms with Crippen LogP contribution in [0.1, 0.15) is 19.4 Å². The Balaban J connectivity index is 2.59. The van der Waals surface area contributed by atoms with Crippen LogP contribution < -0.4 is 10.1 Å². The Kier molecular flexibility index (Phi) is 5.43. The van der Waals surface area contributed by atoms with E-state index in [1.807, 2.05) is 26.0 Å². The number of aliphatic hydroxyl groups is 1. The summed E-state index contributed by atoms with van der Waals surface area (Å²) in [5.41, 5.74) is 0.919. The quantitative estimate of drug-likeness (QED) is 0.847. The fourth-order valence-electron chi connectivity index (χ4n) is 1.53. The van der Waals surface area contributed by atoms with Gasteiger partial charge in [-0.15, -0.1) is 0 Å². The molecule has 1 aromatic carbocycles. The molecule has 0 heterocycles. The Morgan fingerprint density at radius 1 is 1.41 bits per heavy atom. The highest BCUT2D eigenvalue weighted by Crippen LogP contribution is 2.23. The second-order valence-electron chi connectivity index (χ2n) is 4.67. The number of aliphatic hydroxyl groups excluding tert-OH is 1. The summed E-state index contributed by atoms with van der Waals surface area (Å²) in [5.74, 6) is 0.900. The van der Waals surface area contributed by atoms with E-state index >= 15 is 0 Å². The first-order valence-electron chi connectivity index (χ1n) is 5.67. The van der Waals surface area contributed by atoms with Crippen LogP contribution in [0.5, 0.6) is 5.75 Å². The minimum atomic E-state index is -0.237. The number of hydrogen-bond donors (Lipinski definition) is 2. The number of ether oxygens (including phenoxy) is 1. The van der Waals surface area contributed by atoms with E-state index in [0.29, 0.717) is 0 Å². The third-order valence-electron chi connectivity index (χ3n) is 2.64. The number of methoxy groups -OCH3 is 1. The van der Waals surface area contributed by atoms with Gasteiger partial charge < -0.3 is 15.2 Å². The Labute approximate surface area is 111 Å². The zero-order valence-corrected chi connectivity index (χ0v) is 12.2.